The van der Waals surface area contributed by atoms with Crippen LogP contribution in [-0.2, 0) is 14.3 Å². The van der Waals surface area contributed by atoms with Crippen LogP contribution in [0, 0.1) is 5.92 Å². The van der Waals surface area contributed by atoms with Gasteiger partial charge in [0.1, 0.15) is 0 Å². The highest BCUT2D eigenvalue weighted by Crippen LogP contribution is 2.26. The van der Waals surface area contributed by atoms with Crippen molar-refractivity contribution in [3.05, 3.63) is 35.9 Å². The highest BCUT2D eigenvalue weighted by molar-refractivity contribution is 5.79. The summed E-state index contributed by atoms with van der Waals surface area (Å²) in [5.74, 6) is -0.0514. The molecular weight excluding hydrogens is 242 g/mol. The summed E-state index contributed by atoms with van der Waals surface area (Å²) in [4.78, 5) is 14.3. The lowest BCUT2D eigenvalue weighted by atomic mass is 9.95. The quantitative estimate of drug-likeness (QED) is 0.832. The Morgan fingerprint density at radius 3 is 2.47 bits per heavy atom. The fourth-order valence-electron chi connectivity index (χ4n) is 2.47. The number of carbonyl (C=O) groups excluding carboxylic acids is 1. The van der Waals surface area contributed by atoms with Crippen molar-refractivity contribution >= 4 is 5.91 Å². The van der Waals surface area contributed by atoms with E-state index in [1.165, 1.54) is 0 Å². The number of methoxy groups -OCH3 is 1. The predicted octanol–water partition coefficient (Wildman–Crippen LogP) is 1.87. The summed E-state index contributed by atoms with van der Waals surface area (Å²) in [7, 11) is 1.65. The zero-order valence-corrected chi connectivity index (χ0v) is 11.5. The average Bonchev–Trinajstić information content (AvgIpc) is 2.49. The van der Waals surface area contributed by atoms with Gasteiger partial charge in [0.05, 0.1) is 25.2 Å². The molecule has 0 saturated carbocycles. The van der Waals surface area contributed by atoms with E-state index >= 15 is 0 Å². The average molecular weight is 263 g/mol. The molecule has 1 aromatic carbocycles. The molecule has 1 amide bonds. The summed E-state index contributed by atoms with van der Waals surface area (Å²) in [6.07, 6.45) is -0.198. The summed E-state index contributed by atoms with van der Waals surface area (Å²) in [6, 6.07) is 9.89. The Morgan fingerprint density at radius 1 is 1.26 bits per heavy atom. The molecule has 4 nitrogen and oxygen atoms in total. The summed E-state index contributed by atoms with van der Waals surface area (Å²) >= 11 is 0. The number of amides is 1. The third-order valence-corrected chi connectivity index (χ3v) is 3.55. The van der Waals surface area contributed by atoms with Crippen LogP contribution < -0.4 is 0 Å². The van der Waals surface area contributed by atoms with Gasteiger partial charge < -0.3 is 14.4 Å². The van der Waals surface area contributed by atoms with E-state index in [1.54, 1.807) is 7.11 Å². The van der Waals surface area contributed by atoms with E-state index in [0.717, 1.165) is 5.56 Å². The predicted molar refractivity (Wildman–Crippen MR) is 72.8 cm³/mol. The molecule has 2 atom stereocenters. The van der Waals surface area contributed by atoms with Gasteiger partial charge in [0.2, 0.25) is 5.91 Å². The summed E-state index contributed by atoms with van der Waals surface area (Å²) in [5.41, 5.74) is 1.04. The van der Waals surface area contributed by atoms with E-state index in [2.05, 4.69) is 0 Å². The normalized spacial score (nSPS) is 18.9. The van der Waals surface area contributed by atoms with E-state index in [9.17, 15) is 4.79 Å². The Morgan fingerprint density at radius 2 is 1.89 bits per heavy atom. The fraction of sp³-hybridized carbons (Fsp3) is 0.533. The lowest BCUT2D eigenvalue weighted by Gasteiger charge is -2.32. The molecule has 1 aliphatic heterocycles. The van der Waals surface area contributed by atoms with Gasteiger partial charge >= 0.3 is 0 Å². The number of morpholine rings is 1. The van der Waals surface area contributed by atoms with Gasteiger partial charge in [-0.1, -0.05) is 37.3 Å². The first-order chi connectivity index (χ1) is 9.24. The Bertz CT molecular complexity index is 401. The Balaban J connectivity index is 2.07. The van der Waals surface area contributed by atoms with Crippen molar-refractivity contribution in [3.8, 4) is 0 Å². The molecule has 1 saturated heterocycles. The van der Waals surface area contributed by atoms with Crippen LogP contribution in [0.25, 0.3) is 0 Å². The summed E-state index contributed by atoms with van der Waals surface area (Å²) in [6.45, 7) is 4.53. The molecule has 0 bridgehead atoms. The van der Waals surface area contributed by atoms with Crippen LogP contribution in [0.2, 0.25) is 0 Å². The van der Waals surface area contributed by atoms with E-state index < -0.39 is 0 Å². The van der Waals surface area contributed by atoms with Crippen molar-refractivity contribution in [2.24, 2.45) is 5.92 Å². The smallest absolute Gasteiger partial charge is 0.228 e. The van der Waals surface area contributed by atoms with Gasteiger partial charge in [-0.2, -0.15) is 0 Å². The van der Waals surface area contributed by atoms with Crippen LogP contribution in [-0.4, -0.2) is 44.2 Å². The van der Waals surface area contributed by atoms with Crippen molar-refractivity contribution in [1.82, 2.24) is 4.90 Å². The minimum atomic E-state index is -0.198. The second-order valence-electron chi connectivity index (χ2n) is 4.79. The van der Waals surface area contributed by atoms with Crippen LogP contribution in [0.15, 0.2) is 30.3 Å². The summed E-state index contributed by atoms with van der Waals surface area (Å²) < 4.78 is 10.8. The van der Waals surface area contributed by atoms with Crippen LogP contribution in [0.5, 0.6) is 0 Å². The van der Waals surface area contributed by atoms with Crippen LogP contribution in [0.1, 0.15) is 18.6 Å². The Hall–Kier alpha value is -1.39. The van der Waals surface area contributed by atoms with Gasteiger partial charge in [-0.25, -0.2) is 0 Å². The third kappa shape index (κ3) is 3.33. The Kier molecular flexibility index (Phi) is 4.93. The number of hydrogen-bond donors (Lipinski definition) is 0. The van der Waals surface area contributed by atoms with Gasteiger partial charge in [-0.15, -0.1) is 0 Å². The second-order valence-corrected chi connectivity index (χ2v) is 4.79. The summed E-state index contributed by atoms with van der Waals surface area (Å²) in [5, 5.41) is 0. The first kappa shape index (κ1) is 14.0. The van der Waals surface area contributed by atoms with Crippen LogP contribution in [0.3, 0.4) is 0 Å². The molecule has 0 aliphatic carbocycles. The molecule has 0 spiro atoms. The third-order valence-electron chi connectivity index (χ3n) is 3.55. The maximum atomic E-state index is 12.5. The van der Waals surface area contributed by atoms with E-state index in [4.69, 9.17) is 9.47 Å². The van der Waals surface area contributed by atoms with Crippen LogP contribution in [0.4, 0.5) is 0 Å². The molecule has 0 unspecified atom stereocenters. The molecule has 0 aromatic heterocycles. The molecule has 104 valence electrons. The molecule has 2 rings (SSSR count). The lowest BCUT2D eigenvalue weighted by Crippen LogP contribution is -2.44. The minimum Gasteiger partial charge on any atom is -0.378 e. The monoisotopic (exact) mass is 263 g/mol. The van der Waals surface area contributed by atoms with Crippen molar-refractivity contribution < 1.29 is 14.3 Å². The lowest BCUT2D eigenvalue weighted by molar-refractivity contribution is -0.143. The number of rotatable bonds is 4. The van der Waals surface area contributed by atoms with Gasteiger partial charge in [-0.3, -0.25) is 4.79 Å². The molecule has 0 N–H and O–H groups in total. The molecule has 1 aromatic rings. The van der Waals surface area contributed by atoms with Crippen molar-refractivity contribution in [2.75, 3.05) is 33.4 Å². The largest absolute Gasteiger partial charge is 0.378 e. The van der Waals surface area contributed by atoms with Gasteiger partial charge in [0.15, 0.2) is 0 Å². The maximum Gasteiger partial charge on any atom is 0.228 e. The second kappa shape index (κ2) is 6.68. The van der Waals surface area contributed by atoms with E-state index in [0.29, 0.717) is 26.3 Å². The van der Waals surface area contributed by atoms with Crippen molar-refractivity contribution in [1.29, 1.82) is 0 Å². The topological polar surface area (TPSA) is 38.8 Å². The van der Waals surface area contributed by atoms with Crippen molar-refractivity contribution in [3.63, 3.8) is 0 Å². The molecule has 19 heavy (non-hydrogen) atoms. The number of carbonyl (C=O) groups is 1. The standard InChI is InChI=1S/C15H21NO3/c1-12(15(17)16-8-10-19-11-9-16)14(18-2)13-6-4-3-5-7-13/h3-7,12,14H,8-11H2,1-2H3/t12-,14+/m1/s1. The van der Waals surface area contributed by atoms with Crippen LogP contribution >= 0.6 is 0 Å². The highest BCUT2D eigenvalue weighted by atomic mass is 16.5. The number of ether oxygens (including phenoxy) is 2. The molecular formula is C15H21NO3. The molecule has 1 heterocycles. The number of nitrogens with zero attached hydrogens (tertiary/aromatic N) is 1. The number of hydrogen-bond acceptors (Lipinski definition) is 3. The zero-order valence-electron chi connectivity index (χ0n) is 11.5. The molecule has 1 fully saturated rings. The Labute approximate surface area is 114 Å². The van der Waals surface area contributed by atoms with E-state index in [1.807, 2.05) is 42.2 Å². The van der Waals surface area contributed by atoms with Gasteiger partial charge in [0.25, 0.3) is 0 Å². The van der Waals surface area contributed by atoms with Crippen molar-refractivity contribution in [2.45, 2.75) is 13.0 Å². The first-order valence-corrected chi connectivity index (χ1v) is 6.68. The highest BCUT2D eigenvalue weighted by Gasteiger charge is 2.29. The fourth-order valence-corrected chi connectivity index (χ4v) is 2.47. The zero-order chi connectivity index (χ0) is 13.7. The maximum absolute atomic E-state index is 12.5. The first-order valence-electron chi connectivity index (χ1n) is 6.68. The molecule has 1 aliphatic rings. The molecule has 0 radical (unpaired) electrons. The number of benzene rings is 1. The van der Waals surface area contributed by atoms with E-state index in [-0.39, 0.29) is 17.9 Å². The SMILES string of the molecule is CO[C@H](c1ccccc1)[C@@H](C)C(=O)N1CCOCC1. The molecule has 4 heteroatoms. The van der Waals surface area contributed by atoms with Gasteiger partial charge in [0, 0.05) is 20.2 Å². The minimum absolute atomic E-state index is 0.138. The van der Waals surface area contributed by atoms with Gasteiger partial charge in [-0.05, 0) is 5.56 Å².